The van der Waals surface area contributed by atoms with Crippen molar-refractivity contribution < 1.29 is 13.2 Å². The van der Waals surface area contributed by atoms with E-state index in [9.17, 15) is 13.2 Å². The molecule has 114 valence electrons. The number of sulfone groups is 1. The molecule has 1 unspecified atom stereocenters. The quantitative estimate of drug-likeness (QED) is 0.706. The van der Waals surface area contributed by atoms with Crippen LogP contribution in [0, 0.1) is 11.3 Å². The number of nitrogens with two attached hydrogens (primary N) is 1. The second kappa shape index (κ2) is 8.00. The summed E-state index contributed by atoms with van der Waals surface area (Å²) in [5.41, 5.74) is 5.74. The van der Waals surface area contributed by atoms with Crippen molar-refractivity contribution >= 4 is 15.6 Å². The van der Waals surface area contributed by atoms with Crippen LogP contribution in [0.1, 0.15) is 53.4 Å². The number of Topliss-reactive ketones (excluding diaryl/α,β-unsaturated/α-hetero) is 1. The monoisotopic (exact) mass is 291 g/mol. The molecule has 0 radical (unpaired) electrons. The van der Waals surface area contributed by atoms with Crippen LogP contribution in [-0.4, -0.2) is 32.3 Å². The molecule has 4 nitrogen and oxygen atoms in total. The first kappa shape index (κ1) is 18.6. The van der Waals surface area contributed by atoms with E-state index in [0.717, 1.165) is 12.8 Å². The minimum Gasteiger partial charge on any atom is -0.330 e. The summed E-state index contributed by atoms with van der Waals surface area (Å²) >= 11 is 0. The molecular weight excluding hydrogens is 262 g/mol. The molecule has 0 saturated heterocycles. The van der Waals surface area contributed by atoms with Crippen molar-refractivity contribution in [1.82, 2.24) is 0 Å². The summed E-state index contributed by atoms with van der Waals surface area (Å²) < 4.78 is 22.7. The number of carbonyl (C=O) groups excluding carboxylic acids is 1. The standard InChI is InChI=1S/C14H29NO3S/c1-5-19(17,18)11-9-13(16)7-6-12(8-10-15)14(2,3)4/h12H,5-11,15H2,1-4H3. The Bertz CT molecular complexity index is 369. The highest BCUT2D eigenvalue weighted by Gasteiger charge is 2.24. The van der Waals surface area contributed by atoms with Crippen LogP contribution in [0.5, 0.6) is 0 Å². The second-order valence-corrected chi connectivity index (χ2v) is 8.68. The summed E-state index contributed by atoms with van der Waals surface area (Å²) in [4.78, 5) is 11.7. The topological polar surface area (TPSA) is 77.2 Å². The molecule has 5 heteroatoms. The highest BCUT2D eigenvalue weighted by atomic mass is 32.2. The van der Waals surface area contributed by atoms with E-state index in [1.54, 1.807) is 6.92 Å². The van der Waals surface area contributed by atoms with Gasteiger partial charge in [-0.1, -0.05) is 27.7 Å². The average molecular weight is 291 g/mol. The van der Waals surface area contributed by atoms with Crippen LogP contribution in [0.3, 0.4) is 0 Å². The molecule has 1 atom stereocenters. The number of ketones is 1. The van der Waals surface area contributed by atoms with Gasteiger partial charge in [-0.3, -0.25) is 4.79 Å². The summed E-state index contributed by atoms with van der Waals surface area (Å²) in [5.74, 6) is 0.546. The van der Waals surface area contributed by atoms with Gasteiger partial charge in [-0.15, -0.1) is 0 Å². The van der Waals surface area contributed by atoms with Crippen molar-refractivity contribution in [2.45, 2.75) is 53.4 Å². The van der Waals surface area contributed by atoms with Gasteiger partial charge >= 0.3 is 0 Å². The predicted molar refractivity (Wildman–Crippen MR) is 79.8 cm³/mol. The van der Waals surface area contributed by atoms with E-state index < -0.39 is 9.84 Å². The van der Waals surface area contributed by atoms with E-state index in [1.807, 2.05) is 0 Å². The van der Waals surface area contributed by atoms with Gasteiger partial charge in [0.25, 0.3) is 0 Å². The van der Waals surface area contributed by atoms with Gasteiger partial charge in [0.2, 0.25) is 0 Å². The van der Waals surface area contributed by atoms with E-state index in [1.165, 1.54) is 0 Å². The molecule has 2 N–H and O–H groups in total. The molecular formula is C14H29NO3S. The first-order valence-electron chi connectivity index (χ1n) is 7.04. The average Bonchev–Trinajstić information content (AvgIpc) is 2.30. The third kappa shape index (κ3) is 8.37. The molecule has 0 bridgehead atoms. The van der Waals surface area contributed by atoms with Crippen LogP contribution in [0.2, 0.25) is 0 Å². The van der Waals surface area contributed by atoms with Crippen LogP contribution >= 0.6 is 0 Å². The molecule has 0 aromatic rings. The molecule has 0 saturated carbocycles. The highest BCUT2D eigenvalue weighted by Crippen LogP contribution is 2.32. The maximum Gasteiger partial charge on any atom is 0.150 e. The number of rotatable bonds is 9. The van der Waals surface area contributed by atoms with Gasteiger partial charge in [0, 0.05) is 18.6 Å². The third-order valence-electron chi connectivity index (χ3n) is 3.64. The minimum atomic E-state index is -3.03. The lowest BCUT2D eigenvalue weighted by Gasteiger charge is -2.30. The third-order valence-corrected chi connectivity index (χ3v) is 5.35. The van der Waals surface area contributed by atoms with Crippen LogP contribution < -0.4 is 5.73 Å². The lowest BCUT2D eigenvalue weighted by molar-refractivity contribution is -0.119. The molecule has 0 aliphatic carbocycles. The summed E-state index contributed by atoms with van der Waals surface area (Å²) in [7, 11) is -3.03. The Morgan fingerprint density at radius 1 is 1.16 bits per heavy atom. The zero-order chi connectivity index (χ0) is 15.1. The van der Waals surface area contributed by atoms with E-state index >= 15 is 0 Å². The maximum absolute atomic E-state index is 11.7. The Hall–Kier alpha value is -0.420. The van der Waals surface area contributed by atoms with Gasteiger partial charge < -0.3 is 5.73 Å². The van der Waals surface area contributed by atoms with E-state index in [0.29, 0.717) is 18.9 Å². The lowest BCUT2D eigenvalue weighted by Crippen LogP contribution is -2.24. The van der Waals surface area contributed by atoms with Crippen molar-refractivity contribution in [3.05, 3.63) is 0 Å². The molecule has 0 rings (SSSR count). The minimum absolute atomic E-state index is 0.0145. The summed E-state index contributed by atoms with van der Waals surface area (Å²) in [6.45, 7) is 8.69. The molecule has 19 heavy (non-hydrogen) atoms. The summed E-state index contributed by atoms with van der Waals surface area (Å²) in [5, 5.41) is 0. The van der Waals surface area contributed by atoms with Crippen molar-refractivity contribution in [2.24, 2.45) is 17.1 Å². The highest BCUT2D eigenvalue weighted by molar-refractivity contribution is 7.91. The molecule has 0 fully saturated rings. The first-order chi connectivity index (χ1) is 8.62. The normalized spacial score (nSPS) is 14.4. The number of hydrogen-bond acceptors (Lipinski definition) is 4. The Morgan fingerprint density at radius 3 is 2.16 bits per heavy atom. The lowest BCUT2D eigenvalue weighted by atomic mass is 9.76. The predicted octanol–water partition coefficient (Wildman–Crippen LogP) is 2.17. The van der Waals surface area contributed by atoms with Gasteiger partial charge in [-0.05, 0) is 30.7 Å². The van der Waals surface area contributed by atoms with Crippen molar-refractivity contribution in [3.8, 4) is 0 Å². The van der Waals surface area contributed by atoms with Crippen molar-refractivity contribution in [3.63, 3.8) is 0 Å². The van der Waals surface area contributed by atoms with Crippen molar-refractivity contribution in [2.75, 3.05) is 18.1 Å². The number of carbonyl (C=O) groups is 1. The fourth-order valence-electron chi connectivity index (χ4n) is 2.09. The van der Waals surface area contributed by atoms with E-state index in [2.05, 4.69) is 20.8 Å². The molecule has 0 heterocycles. The van der Waals surface area contributed by atoms with E-state index in [-0.39, 0.29) is 29.1 Å². The van der Waals surface area contributed by atoms with Gasteiger partial charge in [0.15, 0.2) is 0 Å². The largest absolute Gasteiger partial charge is 0.330 e. The molecule has 0 amide bonds. The first-order valence-corrected chi connectivity index (χ1v) is 8.86. The second-order valence-electron chi connectivity index (χ2n) is 6.20. The van der Waals surface area contributed by atoms with Gasteiger partial charge in [-0.25, -0.2) is 8.42 Å². The Balaban J connectivity index is 4.20. The SMILES string of the molecule is CCS(=O)(=O)CCC(=O)CCC(CCN)C(C)(C)C. The molecule has 0 aromatic carbocycles. The molecule has 0 aliphatic rings. The van der Waals surface area contributed by atoms with Crippen LogP contribution in [0.4, 0.5) is 0 Å². The smallest absolute Gasteiger partial charge is 0.150 e. The van der Waals surface area contributed by atoms with Crippen LogP contribution in [0.15, 0.2) is 0 Å². The fraction of sp³-hybridized carbons (Fsp3) is 0.929. The zero-order valence-corrected chi connectivity index (χ0v) is 13.6. The summed E-state index contributed by atoms with van der Waals surface area (Å²) in [6.07, 6.45) is 2.31. The Labute approximate surface area is 118 Å². The fourth-order valence-corrected chi connectivity index (χ4v) is 2.91. The maximum atomic E-state index is 11.7. The zero-order valence-electron chi connectivity index (χ0n) is 12.7. The Kier molecular flexibility index (Phi) is 7.82. The number of hydrogen-bond donors (Lipinski definition) is 1. The van der Waals surface area contributed by atoms with Crippen LogP contribution in [-0.2, 0) is 14.6 Å². The van der Waals surface area contributed by atoms with Gasteiger partial charge in [-0.2, -0.15) is 0 Å². The van der Waals surface area contributed by atoms with E-state index in [4.69, 9.17) is 5.73 Å². The van der Waals surface area contributed by atoms with Gasteiger partial charge in [0.05, 0.1) is 5.75 Å². The molecule has 0 aliphatic heterocycles. The van der Waals surface area contributed by atoms with Gasteiger partial charge in [0.1, 0.15) is 15.6 Å². The summed E-state index contributed by atoms with van der Waals surface area (Å²) in [6, 6.07) is 0. The molecule has 0 aromatic heterocycles. The molecule has 0 spiro atoms. The van der Waals surface area contributed by atoms with Crippen molar-refractivity contribution in [1.29, 1.82) is 0 Å². The Morgan fingerprint density at radius 2 is 1.74 bits per heavy atom. The van der Waals surface area contributed by atoms with Crippen LogP contribution in [0.25, 0.3) is 0 Å².